The summed E-state index contributed by atoms with van der Waals surface area (Å²) in [6.07, 6.45) is 2.92. The van der Waals surface area contributed by atoms with E-state index >= 15 is 0 Å². The molecule has 1 amide bonds. The summed E-state index contributed by atoms with van der Waals surface area (Å²) in [6.45, 7) is 7.77. The van der Waals surface area contributed by atoms with Gasteiger partial charge in [-0.25, -0.2) is 0 Å². The molecule has 0 spiro atoms. The monoisotopic (exact) mass is 313 g/mol. The van der Waals surface area contributed by atoms with Crippen LogP contribution in [0.1, 0.15) is 22.5 Å². The van der Waals surface area contributed by atoms with Crippen LogP contribution in [0.3, 0.4) is 0 Å². The molecule has 0 aliphatic carbocycles. The summed E-state index contributed by atoms with van der Waals surface area (Å²) < 4.78 is 1.76. The summed E-state index contributed by atoms with van der Waals surface area (Å²) in [5, 5.41) is 7.57. The van der Waals surface area contributed by atoms with Gasteiger partial charge < -0.3 is 10.2 Å². The normalized spacial score (nSPS) is 23.1. The van der Waals surface area contributed by atoms with E-state index in [2.05, 4.69) is 15.3 Å². The lowest BCUT2D eigenvalue weighted by Gasteiger charge is -2.37. The van der Waals surface area contributed by atoms with Gasteiger partial charge in [0, 0.05) is 51.5 Å². The van der Waals surface area contributed by atoms with Crippen LogP contribution in [-0.2, 0) is 7.05 Å². The Morgan fingerprint density at radius 3 is 2.57 bits per heavy atom. The molecular formula is C14H24ClN5O. The van der Waals surface area contributed by atoms with Crippen LogP contribution in [-0.4, -0.2) is 70.8 Å². The molecule has 7 heteroatoms. The summed E-state index contributed by atoms with van der Waals surface area (Å²) in [6, 6.07) is 0.660. The Labute approximate surface area is 131 Å². The van der Waals surface area contributed by atoms with Gasteiger partial charge in [0.2, 0.25) is 0 Å². The van der Waals surface area contributed by atoms with Crippen molar-refractivity contribution in [1.29, 1.82) is 0 Å². The number of hydrogen-bond donors (Lipinski definition) is 1. The van der Waals surface area contributed by atoms with Crippen LogP contribution in [0.15, 0.2) is 6.20 Å². The Kier molecular flexibility index (Phi) is 5.24. The SMILES string of the molecule is Cc1c(C(=O)N2CCN(C3CCNC3)CC2)cnn1C.Cl. The predicted octanol–water partition coefficient (Wildman–Crippen LogP) is 0.270. The molecule has 21 heavy (non-hydrogen) atoms. The fourth-order valence-corrected chi connectivity index (χ4v) is 3.12. The summed E-state index contributed by atoms with van der Waals surface area (Å²) in [5.41, 5.74) is 1.68. The highest BCUT2D eigenvalue weighted by atomic mass is 35.5. The number of piperazine rings is 1. The second-order valence-electron chi connectivity index (χ2n) is 5.74. The van der Waals surface area contributed by atoms with E-state index in [-0.39, 0.29) is 18.3 Å². The van der Waals surface area contributed by atoms with Gasteiger partial charge in [0.05, 0.1) is 11.8 Å². The molecule has 0 bridgehead atoms. The zero-order chi connectivity index (χ0) is 14.1. The topological polar surface area (TPSA) is 53.4 Å². The number of hydrogen-bond acceptors (Lipinski definition) is 4. The van der Waals surface area contributed by atoms with Crippen LogP contribution in [0.25, 0.3) is 0 Å². The minimum atomic E-state index is 0. The average molecular weight is 314 g/mol. The van der Waals surface area contributed by atoms with Crippen molar-refractivity contribution < 1.29 is 4.79 Å². The first kappa shape index (κ1) is 16.3. The molecular weight excluding hydrogens is 290 g/mol. The third-order valence-corrected chi connectivity index (χ3v) is 4.62. The maximum absolute atomic E-state index is 12.5. The van der Waals surface area contributed by atoms with Gasteiger partial charge in [0.25, 0.3) is 5.91 Å². The van der Waals surface area contributed by atoms with Gasteiger partial charge in [-0.15, -0.1) is 12.4 Å². The first-order valence-corrected chi connectivity index (χ1v) is 7.39. The smallest absolute Gasteiger partial charge is 0.257 e. The Morgan fingerprint density at radius 2 is 2.05 bits per heavy atom. The number of halogens is 1. The van der Waals surface area contributed by atoms with Crippen LogP contribution in [0.2, 0.25) is 0 Å². The van der Waals surface area contributed by atoms with E-state index in [1.165, 1.54) is 6.42 Å². The van der Waals surface area contributed by atoms with Crippen molar-refractivity contribution in [1.82, 2.24) is 24.9 Å². The molecule has 0 aromatic carbocycles. The maximum atomic E-state index is 12.5. The zero-order valence-corrected chi connectivity index (χ0v) is 13.5. The van der Waals surface area contributed by atoms with E-state index in [9.17, 15) is 4.79 Å². The Balaban J connectivity index is 0.00000161. The van der Waals surface area contributed by atoms with Crippen molar-refractivity contribution >= 4 is 18.3 Å². The van der Waals surface area contributed by atoms with Crippen LogP contribution >= 0.6 is 12.4 Å². The first-order chi connectivity index (χ1) is 9.66. The third-order valence-electron chi connectivity index (χ3n) is 4.62. The molecule has 2 aliphatic rings. The minimum absolute atomic E-state index is 0. The van der Waals surface area contributed by atoms with Crippen molar-refractivity contribution in [3.05, 3.63) is 17.5 Å². The standard InChI is InChI=1S/C14H23N5O.ClH/c1-11-13(10-16-17(11)2)14(20)19-7-5-18(6-8-19)12-3-4-15-9-12;/h10,12,15H,3-9H2,1-2H3;1H. The van der Waals surface area contributed by atoms with E-state index in [4.69, 9.17) is 0 Å². The molecule has 0 saturated carbocycles. The van der Waals surface area contributed by atoms with Crippen molar-refractivity contribution in [2.24, 2.45) is 7.05 Å². The Morgan fingerprint density at radius 1 is 1.33 bits per heavy atom. The lowest BCUT2D eigenvalue weighted by atomic mass is 10.1. The van der Waals surface area contributed by atoms with E-state index in [1.807, 2.05) is 18.9 Å². The van der Waals surface area contributed by atoms with E-state index in [0.29, 0.717) is 6.04 Å². The largest absolute Gasteiger partial charge is 0.336 e. The van der Waals surface area contributed by atoms with Gasteiger partial charge in [-0.3, -0.25) is 14.4 Å². The fraction of sp³-hybridized carbons (Fsp3) is 0.714. The number of aryl methyl sites for hydroxylation is 1. The van der Waals surface area contributed by atoms with Gasteiger partial charge in [0.1, 0.15) is 0 Å². The molecule has 1 atom stereocenters. The van der Waals surface area contributed by atoms with Crippen LogP contribution in [0.5, 0.6) is 0 Å². The number of aromatic nitrogens is 2. The number of carbonyl (C=O) groups is 1. The number of amides is 1. The van der Waals surface area contributed by atoms with Gasteiger partial charge in [0.15, 0.2) is 0 Å². The highest BCUT2D eigenvalue weighted by Crippen LogP contribution is 2.15. The molecule has 6 nitrogen and oxygen atoms in total. The molecule has 2 aliphatic heterocycles. The van der Waals surface area contributed by atoms with E-state index < -0.39 is 0 Å². The van der Waals surface area contributed by atoms with Crippen molar-refractivity contribution in [2.75, 3.05) is 39.3 Å². The molecule has 2 saturated heterocycles. The Hall–Kier alpha value is -1.11. The van der Waals surface area contributed by atoms with Crippen molar-refractivity contribution in [3.63, 3.8) is 0 Å². The quantitative estimate of drug-likeness (QED) is 0.851. The lowest BCUT2D eigenvalue weighted by molar-refractivity contribution is 0.0583. The Bertz CT molecular complexity index is 490. The van der Waals surface area contributed by atoms with Crippen LogP contribution in [0.4, 0.5) is 0 Å². The highest BCUT2D eigenvalue weighted by molar-refractivity contribution is 5.95. The van der Waals surface area contributed by atoms with Crippen molar-refractivity contribution in [2.45, 2.75) is 19.4 Å². The lowest BCUT2D eigenvalue weighted by Crippen LogP contribution is -2.52. The van der Waals surface area contributed by atoms with Crippen molar-refractivity contribution in [3.8, 4) is 0 Å². The molecule has 3 heterocycles. The zero-order valence-electron chi connectivity index (χ0n) is 12.7. The van der Waals surface area contributed by atoms with Crippen LogP contribution in [0, 0.1) is 6.92 Å². The molecule has 1 unspecified atom stereocenters. The second-order valence-corrected chi connectivity index (χ2v) is 5.74. The summed E-state index contributed by atoms with van der Waals surface area (Å²) in [5.74, 6) is 0.125. The highest BCUT2D eigenvalue weighted by Gasteiger charge is 2.29. The van der Waals surface area contributed by atoms with E-state index in [0.717, 1.165) is 50.5 Å². The number of carbonyl (C=O) groups excluding carboxylic acids is 1. The molecule has 1 aromatic heterocycles. The van der Waals surface area contributed by atoms with Gasteiger partial charge >= 0.3 is 0 Å². The van der Waals surface area contributed by atoms with Gasteiger partial charge in [-0.1, -0.05) is 0 Å². The molecule has 2 fully saturated rings. The van der Waals surface area contributed by atoms with Gasteiger partial charge in [-0.2, -0.15) is 5.10 Å². The molecule has 0 radical (unpaired) electrons. The molecule has 118 valence electrons. The maximum Gasteiger partial charge on any atom is 0.257 e. The molecule has 1 N–H and O–H groups in total. The number of nitrogens with one attached hydrogen (secondary N) is 1. The molecule has 1 aromatic rings. The molecule has 3 rings (SSSR count). The van der Waals surface area contributed by atoms with E-state index in [1.54, 1.807) is 10.9 Å². The average Bonchev–Trinajstić information content (AvgIpc) is 3.10. The minimum Gasteiger partial charge on any atom is -0.336 e. The van der Waals surface area contributed by atoms with Gasteiger partial charge in [-0.05, 0) is 19.9 Å². The summed E-state index contributed by atoms with van der Waals surface area (Å²) in [4.78, 5) is 17.0. The summed E-state index contributed by atoms with van der Waals surface area (Å²) in [7, 11) is 1.87. The van der Waals surface area contributed by atoms with Crippen LogP contribution < -0.4 is 5.32 Å². The number of rotatable bonds is 2. The second kappa shape index (κ2) is 6.77. The predicted molar refractivity (Wildman–Crippen MR) is 83.9 cm³/mol. The first-order valence-electron chi connectivity index (χ1n) is 7.39. The third kappa shape index (κ3) is 3.22. The summed E-state index contributed by atoms with van der Waals surface area (Å²) >= 11 is 0. The fourth-order valence-electron chi connectivity index (χ4n) is 3.12. The number of nitrogens with zero attached hydrogens (tertiary/aromatic N) is 4.